The van der Waals surface area contributed by atoms with Gasteiger partial charge in [-0.2, -0.15) is 5.26 Å². The topological polar surface area (TPSA) is 56.0 Å². The largest absolute Gasteiger partial charge is 0.394 e. The zero-order valence-electron chi connectivity index (χ0n) is 4.89. The van der Waals surface area contributed by atoms with Gasteiger partial charge >= 0.3 is 0 Å². The molecule has 0 aliphatic carbocycles. The predicted molar refractivity (Wildman–Crippen MR) is 29.9 cm³/mol. The Bertz CT molecular complexity index is 82.9. The maximum absolute atomic E-state index is 8.44. The molecular weight excluding hydrogens is 104 g/mol. The Morgan fingerprint density at radius 2 is 2.50 bits per heavy atom. The van der Waals surface area contributed by atoms with Gasteiger partial charge in [0.1, 0.15) is 0 Å². The summed E-state index contributed by atoms with van der Waals surface area (Å²) in [5.74, 6) is 0. The highest BCUT2D eigenvalue weighted by atomic mass is 16.3. The molecule has 0 aromatic heterocycles. The lowest BCUT2D eigenvalue weighted by atomic mass is 10.2. The fraction of sp³-hybridized carbons (Fsp3) is 0.800. The average Bonchev–Trinajstić information content (AvgIpc) is 1.83. The summed E-state index contributed by atoms with van der Waals surface area (Å²) >= 11 is 0. The van der Waals surface area contributed by atoms with Gasteiger partial charge in [-0.1, -0.05) is 6.92 Å². The Morgan fingerprint density at radius 3 is 2.62 bits per heavy atom. The van der Waals surface area contributed by atoms with E-state index < -0.39 is 0 Å². The molecule has 2 N–H and O–H groups in total. The first-order chi connectivity index (χ1) is 3.85. The molecule has 0 radical (unpaired) electrons. The van der Waals surface area contributed by atoms with Crippen LogP contribution in [0.25, 0.3) is 0 Å². The maximum atomic E-state index is 8.44. The third kappa shape index (κ3) is 2.43. The van der Waals surface area contributed by atoms with E-state index in [4.69, 9.17) is 10.4 Å². The van der Waals surface area contributed by atoms with Crippen molar-refractivity contribution in [2.75, 3.05) is 6.61 Å². The van der Waals surface area contributed by atoms with Crippen molar-refractivity contribution >= 4 is 0 Å². The molecule has 46 valence electrons. The van der Waals surface area contributed by atoms with Gasteiger partial charge in [0.2, 0.25) is 0 Å². The summed E-state index contributed by atoms with van der Waals surface area (Å²) < 4.78 is 0. The molecule has 0 saturated carbocycles. The smallest absolute Gasteiger partial charge is 0.176 e. The highest BCUT2D eigenvalue weighted by Gasteiger charge is 1.98. The fourth-order valence-corrected chi connectivity index (χ4v) is 0.368. The number of aliphatic hydroxyl groups excluding tert-OH is 1. The molecule has 0 saturated heterocycles. The minimum Gasteiger partial charge on any atom is -0.394 e. The monoisotopic (exact) mass is 114 g/mol. The van der Waals surface area contributed by atoms with Crippen LogP contribution >= 0.6 is 0 Å². The quantitative estimate of drug-likeness (QED) is 0.395. The molecule has 3 nitrogen and oxygen atoms in total. The molecular formula is C5H10N2O. The highest BCUT2D eigenvalue weighted by Crippen LogP contribution is 1.85. The summed E-state index contributed by atoms with van der Waals surface area (Å²) in [4.78, 5) is 0. The van der Waals surface area contributed by atoms with Crippen molar-refractivity contribution in [3.8, 4) is 6.19 Å². The van der Waals surface area contributed by atoms with Crippen LogP contribution in [0.5, 0.6) is 0 Å². The van der Waals surface area contributed by atoms with Gasteiger partial charge in [0.05, 0.1) is 12.6 Å². The van der Waals surface area contributed by atoms with E-state index in [2.05, 4.69) is 5.32 Å². The molecule has 0 aliphatic heterocycles. The first-order valence-corrected chi connectivity index (χ1v) is 2.60. The second kappa shape index (κ2) is 4.41. The number of aliphatic hydroxyl groups is 1. The standard InChI is InChI=1S/C5H10N2O/c1-2-5(3-8)7-4-6/h5,7-8H,2-3H2,1H3/t5-/m1/s1. The minimum atomic E-state index is -0.0556. The van der Waals surface area contributed by atoms with E-state index >= 15 is 0 Å². The third-order valence-corrected chi connectivity index (χ3v) is 0.982. The van der Waals surface area contributed by atoms with Crippen LogP contribution in [0.4, 0.5) is 0 Å². The number of nitrogens with zero attached hydrogens (tertiary/aromatic N) is 1. The third-order valence-electron chi connectivity index (χ3n) is 0.982. The molecule has 3 heteroatoms. The van der Waals surface area contributed by atoms with E-state index in [1.807, 2.05) is 6.92 Å². The second-order valence-corrected chi connectivity index (χ2v) is 1.54. The first kappa shape index (κ1) is 7.25. The summed E-state index contributed by atoms with van der Waals surface area (Å²) in [6, 6.07) is -0.0556. The maximum Gasteiger partial charge on any atom is 0.176 e. The van der Waals surface area contributed by atoms with Crippen LogP contribution in [0.3, 0.4) is 0 Å². The average molecular weight is 114 g/mol. The Hall–Kier alpha value is -0.750. The van der Waals surface area contributed by atoms with Crippen molar-refractivity contribution in [1.29, 1.82) is 5.26 Å². The highest BCUT2D eigenvalue weighted by molar-refractivity contribution is 4.73. The molecule has 0 rings (SSSR count). The summed E-state index contributed by atoms with van der Waals surface area (Å²) in [5.41, 5.74) is 0. The van der Waals surface area contributed by atoms with Crippen LogP contribution in [0.2, 0.25) is 0 Å². The number of hydrogen-bond donors (Lipinski definition) is 2. The van der Waals surface area contributed by atoms with Crippen molar-refractivity contribution in [3.05, 3.63) is 0 Å². The number of rotatable bonds is 3. The predicted octanol–water partition coefficient (Wildman–Crippen LogP) is -0.172. The number of hydrogen-bond acceptors (Lipinski definition) is 3. The van der Waals surface area contributed by atoms with Gasteiger partial charge in [0, 0.05) is 0 Å². The molecule has 0 unspecified atom stereocenters. The van der Waals surface area contributed by atoms with Crippen LogP contribution in [0, 0.1) is 11.5 Å². The Labute approximate surface area is 48.9 Å². The van der Waals surface area contributed by atoms with E-state index in [-0.39, 0.29) is 12.6 Å². The molecule has 0 aliphatic rings. The van der Waals surface area contributed by atoms with Gasteiger partial charge in [-0.05, 0) is 6.42 Å². The Balaban J connectivity index is 3.25. The van der Waals surface area contributed by atoms with E-state index in [0.29, 0.717) is 0 Å². The van der Waals surface area contributed by atoms with Gasteiger partial charge < -0.3 is 10.4 Å². The first-order valence-electron chi connectivity index (χ1n) is 2.60. The summed E-state index contributed by atoms with van der Waals surface area (Å²) in [6.07, 6.45) is 2.54. The van der Waals surface area contributed by atoms with E-state index in [9.17, 15) is 0 Å². The molecule has 0 spiro atoms. The van der Waals surface area contributed by atoms with E-state index in [1.54, 1.807) is 6.19 Å². The number of nitrogens with one attached hydrogen (secondary N) is 1. The van der Waals surface area contributed by atoms with Crippen molar-refractivity contribution in [2.24, 2.45) is 0 Å². The molecule has 0 amide bonds. The van der Waals surface area contributed by atoms with Crippen molar-refractivity contribution < 1.29 is 5.11 Å². The molecule has 0 heterocycles. The normalized spacial score (nSPS) is 12.1. The Kier molecular flexibility index (Phi) is 4.00. The van der Waals surface area contributed by atoms with Crippen LogP contribution < -0.4 is 5.32 Å². The van der Waals surface area contributed by atoms with Crippen LogP contribution in [0.15, 0.2) is 0 Å². The van der Waals surface area contributed by atoms with Crippen LogP contribution in [-0.4, -0.2) is 17.8 Å². The van der Waals surface area contributed by atoms with Gasteiger partial charge in [-0.3, -0.25) is 0 Å². The second-order valence-electron chi connectivity index (χ2n) is 1.54. The fourth-order valence-electron chi connectivity index (χ4n) is 0.368. The number of nitriles is 1. The Morgan fingerprint density at radius 1 is 1.88 bits per heavy atom. The lowest BCUT2D eigenvalue weighted by Gasteiger charge is -2.06. The van der Waals surface area contributed by atoms with Crippen molar-refractivity contribution in [1.82, 2.24) is 5.32 Å². The lowest BCUT2D eigenvalue weighted by Crippen LogP contribution is -2.27. The van der Waals surface area contributed by atoms with Crippen molar-refractivity contribution in [3.63, 3.8) is 0 Å². The molecule has 1 atom stereocenters. The van der Waals surface area contributed by atoms with Gasteiger partial charge in [-0.25, -0.2) is 0 Å². The lowest BCUT2D eigenvalue weighted by molar-refractivity contribution is 0.250. The zero-order chi connectivity index (χ0) is 6.41. The minimum absolute atomic E-state index is 0.0318. The van der Waals surface area contributed by atoms with E-state index in [1.165, 1.54) is 0 Å². The molecule has 0 fully saturated rings. The SMILES string of the molecule is CC[C@H](CO)NC#N. The van der Waals surface area contributed by atoms with E-state index in [0.717, 1.165) is 6.42 Å². The van der Waals surface area contributed by atoms with Gasteiger partial charge in [0.25, 0.3) is 0 Å². The summed E-state index contributed by atoms with van der Waals surface area (Å²) in [5, 5.41) is 18.9. The van der Waals surface area contributed by atoms with Crippen molar-refractivity contribution in [2.45, 2.75) is 19.4 Å². The van der Waals surface area contributed by atoms with Crippen LogP contribution in [-0.2, 0) is 0 Å². The summed E-state index contributed by atoms with van der Waals surface area (Å²) in [7, 11) is 0. The van der Waals surface area contributed by atoms with Crippen LogP contribution in [0.1, 0.15) is 13.3 Å². The zero-order valence-corrected chi connectivity index (χ0v) is 4.89. The molecule has 8 heavy (non-hydrogen) atoms. The van der Waals surface area contributed by atoms with Gasteiger partial charge in [0.15, 0.2) is 6.19 Å². The molecule has 0 aromatic rings. The van der Waals surface area contributed by atoms with Gasteiger partial charge in [-0.15, -0.1) is 0 Å². The molecule has 0 aromatic carbocycles. The molecule has 0 bridgehead atoms. The summed E-state index contributed by atoms with van der Waals surface area (Å²) in [6.45, 7) is 1.94.